The van der Waals surface area contributed by atoms with Gasteiger partial charge in [-0.1, -0.05) is 29.7 Å². The maximum atomic E-state index is 10.6. The molecule has 2 rings (SSSR count). The van der Waals surface area contributed by atoms with Gasteiger partial charge in [0.1, 0.15) is 0 Å². The van der Waals surface area contributed by atoms with E-state index in [2.05, 4.69) is 5.16 Å². The van der Waals surface area contributed by atoms with Crippen molar-refractivity contribution in [2.75, 3.05) is 0 Å². The Balaban J connectivity index is 2.35. The first kappa shape index (κ1) is 11.0. The number of hydrogen-bond donors (Lipinski definition) is 1. The van der Waals surface area contributed by atoms with E-state index in [0.29, 0.717) is 10.7 Å². The lowest BCUT2D eigenvalue weighted by Gasteiger charge is -2.07. The van der Waals surface area contributed by atoms with Crippen LogP contribution in [0.25, 0.3) is 11.0 Å². The summed E-state index contributed by atoms with van der Waals surface area (Å²) in [5.74, 6) is -0.881. The van der Waals surface area contributed by atoms with Crippen LogP contribution < -0.4 is 0 Å². The van der Waals surface area contributed by atoms with Crippen LogP contribution in [-0.4, -0.2) is 16.2 Å². The van der Waals surface area contributed by atoms with Gasteiger partial charge in [-0.15, -0.1) is 0 Å². The molecule has 2 aromatic rings. The molecule has 16 heavy (non-hydrogen) atoms. The summed E-state index contributed by atoms with van der Waals surface area (Å²) in [6, 6.07) is 5.42. The van der Waals surface area contributed by atoms with Crippen LogP contribution in [0.3, 0.4) is 0 Å². The highest BCUT2D eigenvalue weighted by Gasteiger charge is 2.13. The summed E-state index contributed by atoms with van der Waals surface area (Å²) in [5.41, 5.74) is 1.49. The van der Waals surface area contributed by atoms with Crippen molar-refractivity contribution in [3.63, 3.8) is 0 Å². The first-order chi connectivity index (χ1) is 7.58. The molecule has 0 spiro atoms. The maximum Gasteiger partial charge on any atom is 0.303 e. The van der Waals surface area contributed by atoms with Gasteiger partial charge in [0.15, 0.2) is 10.7 Å². The van der Waals surface area contributed by atoms with Crippen LogP contribution in [-0.2, 0) is 4.79 Å². The molecular formula is C11H10ClNO3. The fourth-order valence-electron chi connectivity index (χ4n) is 1.61. The van der Waals surface area contributed by atoms with Gasteiger partial charge >= 0.3 is 5.97 Å². The van der Waals surface area contributed by atoms with E-state index >= 15 is 0 Å². The third-order valence-electron chi connectivity index (χ3n) is 2.50. The molecule has 5 heteroatoms. The average molecular weight is 240 g/mol. The average Bonchev–Trinajstić information content (AvgIpc) is 2.59. The van der Waals surface area contributed by atoms with Crippen LogP contribution >= 0.6 is 11.6 Å². The third kappa shape index (κ3) is 2.02. The largest absolute Gasteiger partial charge is 0.481 e. The molecule has 0 amide bonds. The number of rotatable bonds is 3. The van der Waals surface area contributed by atoms with E-state index in [1.165, 1.54) is 0 Å². The molecule has 0 fully saturated rings. The van der Waals surface area contributed by atoms with Crippen LogP contribution in [0.4, 0.5) is 0 Å². The van der Waals surface area contributed by atoms with Crippen molar-refractivity contribution in [1.29, 1.82) is 0 Å². The van der Waals surface area contributed by atoms with E-state index in [4.69, 9.17) is 21.2 Å². The first-order valence-corrected chi connectivity index (χ1v) is 5.22. The Hall–Kier alpha value is -1.55. The molecule has 1 atom stereocenters. The topological polar surface area (TPSA) is 63.3 Å². The van der Waals surface area contributed by atoms with Crippen molar-refractivity contribution in [2.24, 2.45) is 0 Å². The maximum absolute atomic E-state index is 10.6. The summed E-state index contributed by atoms with van der Waals surface area (Å²) < 4.78 is 5.02. The Labute approximate surface area is 96.8 Å². The molecular weight excluding hydrogens is 230 g/mol. The van der Waals surface area contributed by atoms with E-state index < -0.39 is 5.97 Å². The van der Waals surface area contributed by atoms with Crippen molar-refractivity contribution < 1.29 is 14.4 Å². The number of aromatic nitrogens is 1. The van der Waals surface area contributed by atoms with E-state index in [0.717, 1.165) is 10.9 Å². The highest BCUT2D eigenvalue weighted by molar-refractivity contribution is 6.34. The Bertz CT molecular complexity index is 535. The SMILES string of the molecule is CC(CC(=O)O)c1ccc2c(Cl)noc2c1. The highest BCUT2D eigenvalue weighted by atomic mass is 35.5. The number of aliphatic carboxylic acids is 1. The van der Waals surface area contributed by atoms with E-state index in [-0.39, 0.29) is 12.3 Å². The Morgan fingerprint density at radius 3 is 3.06 bits per heavy atom. The van der Waals surface area contributed by atoms with Gasteiger partial charge in [0.2, 0.25) is 0 Å². The second kappa shape index (κ2) is 4.14. The van der Waals surface area contributed by atoms with Gasteiger partial charge in [-0.25, -0.2) is 0 Å². The van der Waals surface area contributed by atoms with Gasteiger partial charge in [0.25, 0.3) is 0 Å². The molecule has 0 saturated heterocycles. The lowest BCUT2D eigenvalue weighted by atomic mass is 9.97. The summed E-state index contributed by atoms with van der Waals surface area (Å²) in [6.45, 7) is 1.85. The van der Waals surface area contributed by atoms with E-state index in [9.17, 15) is 4.79 Å². The minimum absolute atomic E-state index is 0.0641. The van der Waals surface area contributed by atoms with Crippen molar-refractivity contribution in [1.82, 2.24) is 5.16 Å². The lowest BCUT2D eigenvalue weighted by Crippen LogP contribution is -2.02. The number of carboxylic acid groups (broad SMARTS) is 1. The van der Waals surface area contributed by atoms with E-state index in [1.54, 1.807) is 12.1 Å². The van der Waals surface area contributed by atoms with Crippen LogP contribution in [0.5, 0.6) is 0 Å². The number of nitrogens with zero attached hydrogens (tertiary/aromatic N) is 1. The number of carboxylic acids is 1. The van der Waals surface area contributed by atoms with Crippen molar-refractivity contribution in [3.8, 4) is 0 Å². The molecule has 1 unspecified atom stereocenters. The molecule has 0 aliphatic rings. The van der Waals surface area contributed by atoms with Gasteiger partial charge in [-0.2, -0.15) is 0 Å². The summed E-state index contributed by atoms with van der Waals surface area (Å²) in [6.07, 6.45) is 0.0907. The van der Waals surface area contributed by atoms with E-state index in [1.807, 2.05) is 13.0 Å². The molecule has 84 valence electrons. The minimum Gasteiger partial charge on any atom is -0.481 e. The van der Waals surface area contributed by atoms with Crippen LogP contribution in [0.2, 0.25) is 5.15 Å². The second-order valence-electron chi connectivity index (χ2n) is 3.73. The molecule has 0 aliphatic heterocycles. The summed E-state index contributed by atoms with van der Waals surface area (Å²) in [4.78, 5) is 10.6. The lowest BCUT2D eigenvalue weighted by molar-refractivity contribution is -0.137. The number of carbonyl (C=O) groups is 1. The van der Waals surface area contributed by atoms with Gasteiger partial charge in [-0.3, -0.25) is 4.79 Å². The fourth-order valence-corrected chi connectivity index (χ4v) is 1.80. The summed E-state index contributed by atoms with van der Waals surface area (Å²) in [7, 11) is 0. The number of benzene rings is 1. The number of halogens is 1. The van der Waals surface area contributed by atoms with Crippen molar-refractivity contribution >= 4 is 28.5 Å². The monoisotopic (exact) mass is 239 g/mol. The predicted octanol–water partition coefficient (Wildman–Crippen LogP) is 3.06. The smallest absolute Gasteiger partial charge is 0.303 e. The zero-order valence-electron chi connectivity index (χ0n) is 8.61. The zero-order chi connectivity index (χ0) is 11.7. The second-order valence-corrected chi connectivity index (χ2v) is 4.09. The fraction of sp³-hybridized carbons (Fsp3) is 0.273. The highest BCUT2D eigenvalue weighted by Crippen LogP contribution is 2.27. The first-order valence-electron chi connectivity index (χ1n) is 4.84. The minimum atomic E-state index is -0.816. The zero-order valence-corrected chi connectivity index (χ0v) is 9.36. The Morgan fingerprint density at radius 2 is 2.38 bits per heavy atom. The van der Waals surface area contributed by atoms with Crippen LogP contribution in [0, 0.1) is 0 Å². The van der Waals surface area contributed by atoms with Crippen molar-refractivity contribution in [2.45, 2.75) is 19.3 Å². The molecule has 1 heterocycles. The van der Waals surface area contributed by atoms with Crippen LogP contribution in [0.1, 0.15) is 24.8 Å². The molecule has 0 aliphatic carbocycles. The standard InChI is InChI=1S/C11H10ClNO3/c1-6(4-10(14)15)7-2-3-8-9(5-7)16-13-11(8)12/h2-3,5-6H,4H2,1H3,(H,14,15). The quantitative estimate of drug-likeness (QED) is 0.894. The molecule has 0 bridgehead atoms. The molecule has 0 saturated carbocycles. The van der Waals surface area contributed by atoms with Gasteiger partial charge < -0.3 is 9.63 Å². The van der Waals surface area contributed by atoms with Gasteiger partial charge in [0.05, 0.1) is 11.8 Å². The Morgan fingerprint density at radius 1 is 1.62 bits per heavy atom. The summed E-state index contributed by atoms with van der Waals surface area (Å²) in [5, 5.41) is 13.4. The Kier molecular flexibility index (Phi) is 2.83. The number of fused-ring (bicyclic) bond motifs is 1. The molecule has 1 aromatic carbocycles. The predicted molar refractivity (Wildman–Crippen MR) is 59.7 cm³/mol. The van der Waals surface area contributed by atoms with Gasteiger partial charge in [0, 0.05) is 0 Å². The number of hydrogen-bond acceptors (Lipinski definition) is 3. The van der Waals surface area contributed by atoms with Crippen molar-refractivity contribution in [3.05, 3.63) is 28.9 Å². The normalized spacial score (nSPS) is 12.9. The molecule has 4 nitrogen and oxygen atoms in total. The third-order valence-corrected chi connectivity index (χ3v) is 2.77. The van der Waals surface area contributed by atoms with Crippen LogP contribution in [0.15, 0.2) is 22.7 Å². The van der Waals surface area contributed by atoms with Gasteiger partial charge in [-0.05, 0) is 23.6 Å². The summed E-state index contributed by atoms with van der Waals surface area (Å²) >= 11 is 5.79. The molecule has 1 aromatic heterocycles. The molecule has 0 radical (unpaired) electrons. The molecule has 1 N–H and O–H groups in total.